The summed E-state index contributed by atoms with van der Waals surface area (Å²) in [6, 6.07) is 15.3. The van der Waals surface area contributed by atoms with Crippen LogP contribution < -0.4 is 5.56 Å². The molecule has 32 heavy (non-hydrogen) atoms. The second kappa shape index (κ2) is 8.76. The van der Waals surface area contributed by atoms with Gasteiger partial charge >= 0.3 is 0 Å². The summed E-state index contributed by atoms with van der Waals surface area (Å²) >= 11 is 1.33. The number of aryl methyl sites for hydroxylation is 1. The second-order valence-corrected chi connectivity index (χ2v) is 8.52. The lowest BCUT2D eigenvalue weighted by Crippen LogP contribution is -2.41. The maximum Gasteiger partial charge on any atom is 0.267 e. The summed E-state index contributed by atoms with van der Waals surface area (Å²) in [7, 11) is 0. The Kier molecular flexibility index (Phi) is 5.67. The zero-order chi connectivity index (χ0) is 22.1. The van der Waals surface area contributed by atoms with Gasteiger partial charge in [0, 0.05) is 13.1 Å². The smallest absolute Gasteiger partial charge is 0.267 e. The van der Waals surface area contributed by atoms with Gasteiger partial charge in [0.2, 0.25) is 11.7 Å². The molecule has 0 bridgehead atoms. The van der Waals surface area contributed by atoms with Crippen LogP contribution in [0.1, 0.15) is 12.5 Å². The zero-order valence-corrected chi connectivity index (χ0v) is 18.5. The van der Waals surface area contributed by atoms with E-state index in [-0.39, 0.29) is 17.2 Å². The Labute approximate surface area is 188 Å². The molecule has 8 nitrogen and oxygen atoms in total. The average molecular weight is 450 g/mol. The molecule has 164 valence electrons. The number of hydrogen-bond donors (Lipinski definition) is 0. The number of morpholine rings is 1. The SMILES string of the molecule is CCc1ccc(-n2c(=O)c3ccccc3n3c(SCC(=O)N4CCOCC4)nnc23)cc1. The Morgan fingerprint density at radius 1 is 1.06 bits per heavy atom. The molecule has 1 aliphatic rings. The van der Waals surface area contributed by atoms with Gasteiger partial charge in [-0.15, -0.1) is 10.2 Å². The largest absolute Gasteiger partial charge is 0.378 e. The molecular formula is C23H23N5O3S. The summed E-state index contributed by atoms with van der Waals surface area (Å²) in [5, 5.41) is 9.84. The number of benzene rings is 2. The quantitative estimate of drug-likeness (QED) is 0.436. The van der Waals surface area contributed by atoms with E-state index in [9.17, 15) is 9.59 Å². The van der Waals surface area contributed by atoms with Crippen molar-refractivity contribution in [3.8, 4) is 5.69 Å². The first-order valence-corrected chi connectivity index (χ1v) is 11.6. The van der Waals surface area contributed by atoms with Crippen LogP contribution in [0.4, 0.5) is 0 Å². The molecule has 1 saturated heterocycles. The fourth-order valence-electron chi connectivity index (χ4n) is 3.92. The van der Waals surface area contributed by atoms with Crippen LogP contribution in [0, 0.1) is 0 Å². The molecule has 1 fully saturated rings. The van der Waals surface area contributed by atoms with E-state index in [1.807, 2.05) is 51.8 Å². The fraction of sp³-hybridized carbons (Fsp3) is 0.304. The number of thioether (sulfide) groups is 1. The number of carbonyl (C=O) groups excluding carboxylic acids is 1. The number of fused-ring (bicyclic) bond motifs is 3. The molecule has 0 N–H and O–H groups in total. The van der Waals surface area contributed by atoms with Crippen LogP contribution in [-0.4, -0.2) is 62.0 Å². The Hall–Kier alpha value is -3.17. The molecule has 0 atom stereocenters. The highest BCUT2D eigenvalue weighted by Crippen LogP contribution is 2.23. The summed E-state index contributed by atoms with van der Waals surface area (Å²) in [6.45, 7) is 4.44. The number of ether oxygens (including phenoxy) is 1. The first-order valence-electron chi connectivity index (χ1n) is 10.6. The summed E-state index contributed by atoms with van der Waals surface area (Å²) in [4.78, 5) is 27.8. The number of para-hydroxylation sites is 1. The molecule has 9 heteroatoms. The van der Waals surface area contributed by atoms with Crippen molar-refractivity contribution in [2.75, 3.05) is 32.1 Å². The van der Waals surface area contributed by atoms with E-state index in [1.54, 1.807) is 10.6 Å². The van der Waals surface area contributed by atoms with Crippen molar-refractivity contribution < 1.29 is 9.53 Å². The van der Waals surface area contributed by atoms with Gasteiger partial charge in [-0.25, -0.2) is 4.57 Å². The molecule has 0 unspecified atom stereocenters. The van der Waals surface area contributed by atoms with E-state index < -0.39 is 0 Å². The predicted molar refractivity (Wildman–Crippen MR) is 124 cm³/mol. The molecule has 5 rings (SSSR count). The van der Waals surface area contributed by atoms with Gasteiger partial charge < -0.3 is 9.64 Å². The van der Waals surface area contributed by atoms with E-state index in [4.69, 9.17) is 4.74 Å². The molecule has 0 aliphatic carbocycles. The molecule has 2 aromatic heterocycles. The monoisotopic (exact) mass is 449 g/mol. The first kappa shape index (κ1) is 20.7. The molecule has 1 amide bonds. The van der Waals surface area contributed by atoms with Gasteiger partial charge in [0.05, 0.1) is 35.6 Å². The average Bonchev–Trinajstić information content (AvgIpc) is 3.27. The lowest BCUT2D eigenvalue weighted by molar-refractivity contribution is -0.132. The lowest BCUT2D eigenvalue weighted by atomic mass is 10.1. The van der Waals surface area contributed by atoms with Gasteiger partial charge in [0.1, 0.15) is 0 Å². The number of carbonyl (C=O) groups is 1. The fourth-order valence-corrected chi connectivity index (χ4v) is 4.76. The maximum atomic E-state index is 13.4. The van der Waals surface area contributed by atoms with Gasteiger partial charge in [-0.1, -0.05) is 43.0 Å². The van der Waals surface area contributed by atoms with Crippen molar-refractivity contribution in [2.24, 2.45) is 0 Å². The normalized spacial score (nSPS) is 14.3. The van der Waals surface area contributed by atoms with Crippen LogP contribution >= 0.6 is 11.8 Å². The highest BCUT2D eigenvalue weighted by Gasteiger charge is 2.21. The molecule has 2 aromatic carbocycles. The van der Waals surface area contributed by atoms with Crippen molar-refractivity contribution in [1.82, 2.24) is 24.1 Å². The van der Waals surface area contributed by atoms with Gasteiger partial charge in [-0.2, -0.15) is 0 Å². The molecule has 3 heterocycles. The van der Waals surface area contributed by atoms with Crippen LogP contribution in [0.25, 0.3) is 22.4 Å². The minimum Gasteiger partial charge on any atom is -0.378 e. The first-order chi connectivity index (χ1) is 15.7. The minimum absolute atomic E-state index is 0.0443. The maximum absolute atomic E-state index is 13.4. The van der Waals surface area contributed by atoms with E-state index in [0.717, 1.165) is 17.6 Å². The molecule has 0 radical (unpaired) electrons. The zero-order valence-electron chi connectivity index (χ0n) is 17.7. The summed E-state index contributed by atoms with van der Waals surface area (Å²) in [5.74, 6) is 0.724. The third-order valence-electron chi connectivity index (χ3n) is 5.69. The second-order valence-electron chi connectivity index (χ2n) is 7.58. The van der Waals surface area contributed by atoms with Crippen LogP contribution in [0.3, 0.4) is 0 Å². The molecule has 0 saturated carbocycles. The van der Waals surface area contributed by atoms with Crippen LogP contribution in [0.15, 0.2) is 58.5 Å². The summed E-state index contributed by atoms with van der Waals surface area (Å²) < 4.78 is 8.78. The number of nitrogens with zero attached hydrogens (tertiary/aromatic N) is 5. The topological polar surface area (TPSA) is 81.7 Å². The Morgan fingerprint density at radius 3 is 2.56 bits per heavy atom. The Morgan fingerprint density at radius 2 is 1.81 bits per heavy atom. The van der Waals surface area contributed by atoms with E-state index in [0.29, 0.717) is 42.6 Å². The van der Waals surface area contributed by atoms with Crippen molar-refractivity contribution in [3.05, 3.63) is 64.4 Å². The van der Waals surface area contributed by atoms with Crippen LogP contribution in [0.5, 0.6) is 0 Å². The van der Waals surface area contributed by atoms with Crippen molar-refractivity contribution >= 4 is 34.3 Å². The minimum atomic E-state index is -0.148. The lowest BCUT2D eigenvalue weighted by Gasteiger charge is -2.26. The standard InChI is InChI=1S/C23H23N5O3S/c1-2-16-7-9-17(10-8-16)27-21(30)18-5-3-4-6-19(18)28-22(27)24-25-23(28)32-15-20(29)26-11-13-31-14-12-26/h3-10H,2,11-15H2,1H3. The molecular weight excluding hydrogens is 426 g/mol. The van der Waals surface area contributed by atoms with Crippen molar-refractivity contribution in [3.63, 3.8) is 0 Å². The third-order valence-corrected chi connectivity index (χ3v) is 6.60. The number of aromatic nitrogens is 4. The highest BCUT2D eigenvalue weighted by atomic mass is 32.2. The Bertz CT molecular complexity index is 1340. The summed E-state index contributed by atoms with van der Waals surface area (Å²) in [6.07, 6.45) is 0.922. The van der Waals surface area contributed by atoms with E-state index in [1.165, 1.54) is 17.3 Å². The van der Waals surface area contributed by atoms with Crippen molar-refractivity contribution in [1.29, 1.82) is 0 Å². The van der Waals surface area contributed by atoms with E-state index in [2.05, 4.69) is 17.1 Å². The highest BCUT2D eigenvalue weighted by molar-refractivity contribution is 7.99. The number of rotatable bonds is 5. The van der Waals surface area contributed by atoms with Gasteiger partial charge in [-0.05, 0) is 36.2 Å². The van der Waals surface area contributed by atoms with Gasteiger partial charge in [-0.3, -0.25) is 14.0 Å². The number of hydrogen-bond acceptors (Lipinski definition) is 6. The predicted octanol–water partition coefficient (Wildman–Crippen LogP) is 2.55. The van der Waals surface area contributed by atoms with Crippen molar-refractivity contribution in [2.45, 2.75) is 18.5 Å². The van der Waals surface area contributed by atoms with E-state index >= 15 is 0 Å². The Balaban J connectivity index is 1.59. The summed E-state index contributed by atoms with van der Waals surface area (Å²) in [5.41, 5.74) is 2.50. The number of amides is 1. The van der Waals surface area contributed by atoms with Gasteiger partial charge in [0.25, 0.3) is 5.56 Å². The molecule has 4 aromatic rings. The molecule has 0 spiro atoms. The van der Waals surface area contributed by atoms with Crippen LogP contribution in [0.2, 0.25) is 0 Å². The van der Waals surface area contributed by atoms with Gasteiger partial charge in [0.15, 0.2) is 5.16 Å². The molecule has 1 aliphatic heterocycles. The van der Waals surface area contributed by atoms with Crippen LogP contribution in [-0.2, 0) is 16.0 Å². The third kappa shape index (κ3) is 3.67.